The molecule has 1 heterocycles. The molecule has 0 saturated carbocycles. The van der Waals surface area contributed by atoms with Crippen LogP contribution in [0.4, 0.5) is 32.0 Å². The number of nitrogens with one attached hydrogen (secondary N) is 1. The molecule has 1 amide bonds. The van der Waals surface area contributed by atoms with Crippen molar-refractivity contribution in [2.75, 3.05) is 5.32 Å². The standard InChI is InChI=1S/C9H6F6N2O/c1-4(18)16-5-2-6(8(10,11)12)17-7(3-5)9(13,14)15/h2-3H,1H3,(H,16,17,18). The summed E-state index contributed by atoms with van der Waals surface area (Å²) in [5.41, 5.74) is -4.06. The Balaban J connectivity index is 3.34. The molecule has 1 rings (SSSR count). The van der Waals surface area contributed by atoms with Crippen LogP contribution in [0.15, 0.2) is 12.1 Å². The average molecular weight is 272 g/mol. The van der Waals surface area contributed by atoms with E-state index in [2.05, 4.69) is 4.98 Å². The number of anilines is 1. The Labute approximate surface area is 96.8 Å². The minimum Gasteiger partial charge on any atom is -0.326 e. The molecule has 0 aromatic carbocycles. The van der Waals surface area contributed by atoms with Crippen molar-refractivity contribution >= 4 is 11.6 Å². The molecule has 3 nitrogen and oxygen atoms in total. The molecule has 0 aliphatic carbocycles. The van der Waals surface area contributed by atoms with Crippen molar-refractivity contribution in [3.8, 4) is 0 Å². The predicted octanol–water partition coefficient (Wildman–Crippen LogP) is 3.08. The van der Waals surface area contributed by atoms with E-state index < -0.39 is 35.3 Å². The highest BCUT2D eigenvalue weighted by Crippen LogP contribution is 2.34. The second-order valence-corrected chi connectivity index (χ2v) is 3.30. The van der Waals surface area contributed by atoms with Gasteiger partial charge in [0, 0.05) is 12.6 Å². The van der Waals surface area contributed by atoms with E-state index in [1.165, 1.54) is 0 Å². The summed E-state index contributed by atoms with van der Waals surface area (Å²) in [6, 6.07) is 0.660. The molecule has 0 aliphatic heterocycles. The smallest absolute Gasteiger partial charge is 0.326 e. The first-order valence-electron chi connectivity index (χ1n) is 4.44. The van der Waals surface area contributed by atoms with E-state index in [1.807, 2.05) is 5.32 Å². The maximum Gasteiger partial charge on any atom is 0.433 e. The van der Waals surface area contributed by atoms with Gasteiger partial charge in [0.15, 0.2) is 0 Å². The molecule has 0 fully saturated rings. The predicted molar refractivity (Wildman–Crippen MR) is 48.5 cm³/mol. The topological polar surface area (TPSA) is 42.0 Å². The van der Waals surface area contributed by atoms with Crippen LogP contribution in [-0.4, -0.2) is 10.9 Å². The van der Waals surface area contributed by atoms with Crippen molar-refractivity contribution in [3.05, 3.63) is 23.5 Å². The van der Waals surface area contributed by atoms with Gasteiger partial charge in [-0.3, -0.25) is 4.79 Å². The summed E-state index contributed by atoms with van der Waals surface area (Å²) in [5.74, 6) is -0.789. The van der Waals surface area contributed by atoms with Crippen LogP contribution < -0.4 is 5.32 Å². The maximum absolute atomic E-state index is 12.3. The molecule has 0 radical (unpaired) electrons. The molecule has 0 spiro atoms. The zero-order chi connectivity index (χ0) is 14.1. The Morgan fingerprint density at radius 1 is 1.06 bits per heavy atom. The fourth-order valence-electron chi connectivity index (χ4n) is 1.10. The van der Waals surface area contributed by atoms with Gasteiger partial charge in [0.05, 0.1) is 0 Å². The van der Waals surface area contributed by atoms with Gasteiger partial charge in [0.1, 0.15) is 11.4 Å². The van der Waals surface area contributed by atoms with Gasteiger partial charge >= 0.3 is 12.4 Å². The SMILES string of the molecule is CC(=O)Nc1cc(C(F)(F)F)nc(C(F)(F)F)c1. The Kier molecular flexibility index (Phi) is 3.54. The molecule has 0 unspecified atom stereocenters. The van der Waals surface area contributed by atoms with Crippen LogP contribution in [-0.2, 0) is 17.1 Å². The lowest BCUT2D eigenvalue weighted by Gasteiger charge is -2.13. The summed E-state index contributed by atoms with van der Waals surface area (Å²) in [6.45, 7) is 0.959. The van der Waals surface area contributed by atoms with Gasteiger partial charge in [-0.15, -0.1) is 0 Å². The molecule has 0 atom stereocenters. The number of amides is 1. The normalized spacial score (nSPS) is 12.4. The molecule has 1 aromatic rings. The third-order valence-corrected chi connectivity index (χ3v) is 1.73. The number of carbonyl (C=O) groups is 1. The average Bonchev–Trinajstić information content (AvgIpc) is 2.13. The van der Waals surface area contributed by atoms with Gasteiger partial charge in [-0.25, -0.2) is 4.98 Å². The van der Waals surface area contributed by atoms with Crippen molar-refractivity contribution in [2.24, 2.45) is 0 Å². The molecular weight excluding hydrogens is 266 g/mol. The minimum absolute atomic E-state index is 0.330. The maximum atomic E-state index is 12.3. The lowest BCUT2D eigenvalue weighted by Crippen LogP contribution is -2.17. The molecule has 100 valence electrons. The van der Waals surface area contributed by atoms with Crippen LogP contribution in [0.5, 0.6) is 0 Å². The summed E-state index contributed by atoms with van der Waals surface area (Å²) < 4.78 is 74.0. The molecule has 0 bridgehead atoms. The van der Waals surface area contributed by atoms with Gasteiger partial charge in [-0.1, -0.05) is 0 Å². The van der Waals surface area contributed by atoms with E-state index in [4.69, 9.17) is 0 Å². The van der Waals surface area contributed by atoms with Crippen molar-refractivity contribution in [3.63, 3.8) is 0 Å². The van der Waals surface area contributed by atoms with E-state index in [0.29, 0.717) is 12.1 Å². The fourth-order valence-corrected chi connectivity index (χ4v) is 1.10. The van der Waals surface area contributed by atoms with Gasteiger partial charge < -0.3 is 5.32 Å². The fraction of sp³-hybridized carbons (Fsp3) is 0.333. The summed E-state index contributed by atoms with van der Waals surface area (Å²) >= 11 is 0. The number of alkyl halides is 6. The largest absolute Gasteiger partial charge is 0.433 e. The first-order valence-corrected chi connectivity index (χ1v) is 4.44. The van der Waals surface area contributed by atoms with Gasteiger partial charge in [0.25, 0.3) is 0 Å². The van der Waals surface area contributed by atoms with E-state index >= 15 is 0 Å². The molecule has 0 aliphatic rings. The number of halogens is 6. The molecule has 0 saturated heterocycles. The van der Waals surface area contributed by atoms with Crippen LogP contribution in [0.3, 0.4) is 0 Å². The quantitative estimate of drug-likeness (QED) is 0.798. The molecule has 9 heteroatoms. The molecule has 18 heavy (non-hydrogen) atoms. The van der Waals surface area contributed by atoms with Gasteiger partial charge in [-0.05, 0) is 12.1 Å². The Morgan fingerprint density at radius 2 is 1.44 bits per heavy atom. The number of aromatic nitrogens is 1. The minimum atomic E-state index is -5.03. The summed E-state index contributed by atoms with van der Waals surface area (Å²) in [7, 11) is 0. The van der Waals surface area contributed by atoms with Crippen molar-refractivity contribution in [2.45, 2.75) is 19.3 Å². The molecule has 1 N–H and O–H groups in total. The highest BCUT2D eigenvalue weighted by molar-refractivity contribution is 5.88. The van der Waals surface area contributed by atoms with E-state index in [9.17, 15) is 31.1 Å². The third-order valence-electron chi connectivity index (χ3n) is 1.73. The molecular formula is C9H6F6N2O. The van der Waals surface area contributed by atoms with Crippen LogP contribution in [0.2, 0.25) is 0 Å². The monoisotopic (exact) mass is 272 g/mol. The Bertz CT molecular complexity index is 433. The van der Waals surface area contributed by atoms with Gasteiger partial charge in [-0.2, -0.15) is 26.3 Å². The summed E-state index contributed by atoms with van der Waals surface area (Å²) in [5, 5.41) is 1.85. The first kappa shape index (κ1) is 14.3. The lowest BCUT2D eigenvalue weighted by atomic mass is 10.2. The van der Waals surface area contributed by atoms with Crippen LogP contribution in [0.1, 0.15) is 18.3 Å². The van der Waals surface area contributed by atoms with E-state index in [0.717, 1.165) is 6.92 Å². The third kappa shape index (κ3) is 3.60. The second-order valence-electron chi connectivity index (χ2n) is 3.30. The van der Waals surface area contributed by atoms with Crippen LogP contribution >= 0.6 is 0 Å². The highest BCUT2D eigenvalue weighted by atomic mass is 19.4. The number of hydrogen-bond donors (Lipinski definition) is 1. The number of rotatable bonds is 1. The highest BCUT2D eigenvalue weighted by Gasteiger charge is 2.38. The zero-order valence-corrected chi connectivity index (χ0v) is 8.78. The Morgan fingerprint density at radius 3 is 1.72 bits per heavy atom. The summed E-state index contributed by atoms with van der Waals surface area (Å²) in [6.07, 6.45) is -10.1. The number of carbonyl (C=O) groups excluding carboxylic acids is 1. The number of hydrogen-bond acceptors (Lipinski definition) is 2. The van der Waals surface area contributed by atoms with Crippen molar-refractivity contribution < 1.29 is 31.1 Å². The van der Waals surface area contributed by atoms with Crippen LogP contribution in [0, 0.1) is 0 Å². The van der Waals surface area contributed by atoms with E-state index in [1.54, 1.807) is 0 Å². The van der Waals surface area contributed by atoms with Gasteiger partial charge in [0.2, 0.25) is 5.91 Å². The first-order chi connectivity index (χ1) is 8.00. The molecule has 1 aromatic heterocycles. The zero-order valence-electron chi connectivity index (χ0n) is 8.78. The van der Waals surface area contributed by atoms with E-state index in [-0.39, 0.29) is 0 Å². The van der Waals surface area contributed by atoms with Crippen LogP contribution in [0.25, 0.3) is 0 Å². The summed E-state index contributed by atoms with van der Waals surface area (Å²) in [4.78, 5) is 13.1. The lowest BCUT2D eigenvalue weighted by molar-refractivity contribution is -0.150. The van der Waals surface area contributed by atoms with Crippen molar-refractivity contribution in [1.29, 1.82) is 0 Å². The Hall–Kier alpha value is -1.80. The number of pyridine rings is 1. The van der Waals surface area contributed by atoms with Crippen molar-refractivity contribution in [1.82, 2.24) is 4.98 Å². The number of nitrogens with zero attached hydrogens (tertiary/aromatic N) is 1. The second kappa shape index (κ2) is 4.46.